The summed E-state index contributed by atoms with van der Waals surface area (Å²) < 4.78 is 5.50. The first-order chi connectivity index (χ1) is 8.63. The average Bonchev–Trinajstić information content (AvgIpc) is 2.79. The number of hydrogen-bond acceptors (Lipinski definition) is 4. The van der Waals surface area contributed by atoms with Crippen molar-refractivity contribution in [2.45, 2.75) is 20.3 Å². The number of aromatic nitrogens is 1. The second-order valence-electron chi connectivity index (χ2n) is 4.27. The Morgan fingerprint density at radius 1 is 1.56 bits per heavy atom. The van der Waals surface area contributed by atoms with Gasteiger partial charge in [-0.25, -0.2) is 4.98 Å². The Labute approximate surface area is 105 Å². The summed E-state index contributed by atoms with van der Waals surface area (Å²) in [5.74, 6) is 0.407. The summed E-state index contributed by atoms with van der Waals surface area (Å²) in [5, 5.41) is 2.81. The molecule has 5 nitrogen and oxygen atoms in total. The van der Waals surface area contributed by atoms with Gasteiger partial charge in [0.05, 0.1) is 0 Å². The zero-order chi connectivity index (χ0) is 13.1. The van der Waals surface area contributed by atoms with Crippen LogP contribution in [-0.2, 0) is 11.2 Å². The molecule has 2 rings (SSSR count). The number of nitrogens with zero attached hydrogens (tertiary/aromatic N) is 1. The van der Waals surface area contributed by atoms with Gasteiger partial charge in [0.15, 0.2) is 11.5 Å². The number of nitrogens with one attached hydrogen (secondary N) is 1. The Kier molecular flexibility index (Phi) is 3.62. The molecule has 0 aliphatic rings. The van der Waals surface area contributed by atoms with Crippen LogP contribution in [0.2, 0.25) is 0 Å². The van der Waals surface area contributed by atoms with Crippen molar-refractivity contribution in [2.75, 3.05) is 11.9 Å². The summed E-state index contributed by atoms with van der Waals surface area (Å²) in [4.78, 5) is 16.0. The summed E-state index contributed by atoms with van der Waals surface area (Å²) in [6.07, 6.45) is 0.751. The molecule has 1 aromatic carbocycles. The second-order valence-corrected chi connectivity index (χ2v) is 4.27. The van der Waals surface area contributed by atoms with Gasteiger partial charge < -0.3 is 15.5 Å². The highest BCUT2D eigenvalue weighted by Crippen LogP contribution is 2.20. The highest BCUT2D eigenvalue weighted by Gasteiger charge is 2.12. The third-order valence-electron chi connectivity index (χ3n) is 2.80. The van der Waals surface area contributed by atoms with E-state index in [2.05, 4.69) is 10.3 Å². The van der Waals surface area contributed by atoms with E-state index in [0.717, 1.165) is 17.5 Å². The van der Waals surface area contributed by atoms with Gasteiger partial charge in [0.25, 0.3) is 0 Å². The first-order valence-electron chi connectivity index (χ1n) is 6.04. The number of anilines is 1. The minimum Gasteiger partial charge on any atom is -0.441 e. The van der Waals surface area contributed by atoms with Gasteiger partial charge in [0, 0.05) is 24.6 Å². The standard InChI is InChI=1S/C13H17N3O2/c1-3-12-16-10-6-9(4-5-11(10)18-12)15-13(17)8(2)7-14/h4-6,8H,3,7,14H2,1-2H3,(H,15,17). The Bertz CT molecular complexity index is 562. The number of hydrogen-bond donors (Lipinski definition) is 2. The summed E-state index contributed by atoms with van der Waals surface area (Å²) in [6, 6.07) is 5.41. The lowest BCUT2D eigenvalue weighted by Crippen LogP contribution is -2.26. The second kappa shape index (κ2) is 5.18. The summed E-state index contributed by atoms with van der Waals surface area (Å²) in [6.45, 7) is 4.10. The first kappa shape index (κ1) is 12.6. The van der Waals surface area contributed by atoms with Crippen LogP contribution in [0.15, 0.2) is 22.6 Å². The Balaban J connectivity index is 2.21. The van der Waals surface area contributed by atoms with Gasteiger partial charge in [0.1, 0.15) is 5.52 Å². The van der Waals surface area contributed by atoms with E-state index in [0.29, 0.717) is 18.1 Å². The number of nitrogens with two attached hydrogens (primary N) is 1. The molecular weight excluding hydrogens is 230 g/mol. The Morgan fingerprint density at radius 3 is 3.00 bits per heavy atom. The minimum absolute atomic E-state index is 0.0870. The number of carbonyl (C=O) groups is 1. The van der Waals surface area contributed by atoms with E-state index in [1.54, 1.807) is 19.1 Å². The van der Waals surface area contributed by atoms with Gasteiger partial charge in [-0.1, -0.05) is 13.8 Å². The molecule has 1 atom stereocenters. The molecule has 5 heteroatoms. The molecule has 0 bridgehead atoms. The normalized spacial score (nSPS) is 12.6. The van der Waals surface area contributed by atoms with Crippen molar-refractivity contribution in [3.05, 3.63) is 24.1 Å². The molecule has 0 aliphatic heterocycles. The van der Waals surface area contributed by atoms with E-state index in [9.17, 15) is 4.79 Å². The molecule has 1 heterocycles. The predicted molar refractivity (Wildman–Crippen MR) is 70.2 cm³/mol. The maximum atomic E-state index is 11.7. The molecule has 2 aromatic rings. The minimum atomic E-state index is -0.204. The molecule has 18 heavy (non-hydrogen) atoms. The van der Waals surface area contributed by atoms with Gasteiger partial charge in [-0.3, -0.25) is 4.79 Å². The number of aryl methyl sites for hydroxylation is 1. The van der Waals surface area contributed by atoms with E-state index in [-0.39, 0.29) is 11.8 Å². The van der Waals surface area contributed by atoms with Crippen molar-refractivity contribution in [3.63, 3.8) is 0 Å². The van der Waals surface area contributed by atoms with Gasteiger partial charge in [-0.15, -0.1) is 0 Å². The van der Waals surface area contributed by atoms with Crippen LogP contribution in [0.25, 0.3) is 11.1 Å². The van der Waals surface area contributed by atoms with E-state index in [4.69, 9.17) is 10.2 Å². The number of amides is 1. The molecular formula is C13H17N3O2. The third kappa shape index (κ3) is 2.51. The molecule has 96 valence electrons. The van der Waals surface area contributed by atoms with Crippen LogP contribution in [0.1, 0.15) is 19.7 Å². The fraction of sp³-hybridized carbons (Fsp3) is 0.385. The van der Waals surface area contributed by atoms with Crippen molar-refractivity contribution in [1.29, 1.82) is 0 Å². The largest absolute Gasteiger partial charge is 0.441 e. The van der Waals surface area contributed by atoms with Gasteiger partial charge in [-0.05, 0) is 18.2 Å². The van der Waals surface area contributed by atoms with Crippen LogP contribution in [0.5, 0.6) is 0 Å². The molecule has 1 unspecified atom stereocenters. The van der Waals surface area contributed by atoms with Crippen LogP contribution in [0.4, 0.5) is 5.69 Å². The molecule has 1 amide bonds. The van der Waals surface area contributed by atoms with Crippen molar-refractivity contribution in [2.24, 2.45) is 11.7 Å². The van der Waals surface area contributed by atoms with Crippen LogP contribution in [-0.4, -0.2) is 17.4 Å². The predicted octanol–water partition coefficient (Wildman–Crippen LogP) is 1.92. The zero-order valence-corrected chi connectivity index (χ0v) is 10.6. The maximum absolute atomic E-state index is 11.7. The lowest BCUT2D eigenvalue weighted by molar-refractivity contribution is -0.119. The third-order valence-corrected chi connectivity index (χ3v) is 2.80. The number of carbonyl (C=O) groups excluding carboxylic acids is 1. The molecule has 0 saturated carbocycles. The summed E-state index contributed by atoms with van der Waals surface area (Å²) in [5.41, 5.74) is 7.65. The maximum Gasteiger partial charge on any atom is 0.228 e. The van der Waals surface area contributed by atoms with Crippen molar-refractivity contribution >= 4 is 22.7 Å². The molecule has 1 aromatic heterocycles. The molecule has 3 N–H and O–H groups in total. The van der Waals surface area contributed by atoms with E-state index in [1.165, 1.54) is 0 Å². The van der Waals surface area contributed by atoms with Gasteiger partial charge in [0.2, 0.25) is 5.91 Å². The van der Waals surface area contributed by atoms with Gasteiger partial charge in [-0.2, -0.15) is 0 Å². The molecule has 0 radical (unpaired) electrons. The molecule has 0 saturated heterocycles. The lowest BCUT2D eigenvalue weighted by Gasteiger charge is -2.09. The van der Waals surface area contributed by atoms with E-state index in [1.807, 2.05) is 13.0 Å². The number of benzene rings is 1. The Hall–Kier alpha value is -1.88. The smallest absolute Gasteiger partial charge is 0.228 e. The molecule has 0 aliphatic carbocycles. The van der Waals surface area contributed by atoms with Crippen LogP contribution >= 0.6 is 0 Å². The molecule has 0 fully saturated rings. The van der Waals surface area contributed by atoms with Crippen molar-refractivity contribution < 1.29 is 9.21 Å². The van der Waals surface area contributed by atoms with Crippen molar-refractivity contribution in [3.8, 4) is 0 Å². The highest BCUT2D eigenvalue weighted by molar-refractivity contribution is 5.94. The number of rotatable bonds is 4. The zero-order valence-electron chi connectivity index (χ0n) is 10.6. The van der Waals surface area contributed by atoms with E-state index < -0.39 is 0 Å². The van der Waals surface area contributed by atoms with Crippen LogP contribution in [0.3, 0.4) is 0 Å². The monoisotopic (exact) mass is 247 g/mol. The number of oxazole rings is 1. The topological polar surface area (TPSA) is 81.2 Å². The number of fused-ring (bicyclic) bond motifs is 1. The van der Waals surface area contributed by atoms with E-state index >= 15 is 0 Å². The summed E-state index contributed by atoms with van der Waals surface area (Å²) in [7, 11) is 0. The van der Waals surface area contributed by atoms with Gasteiger partial charge >= 0.3 is 0 Å². The average molecular weight is 247 g/mol. The fourth-order valence-corrected chi connectivity index (χ4v) is 1.58. The van der Waals surface area contributed by atoms with Crippen LogP contribution < -0.4 is 11.1 Å². The first-order valence-corrected chi connectivity index (χ1v) is 6.04. The fourth-order valence-electron chi connectivity index (χ4n) is 1.58. The highest BCUT2D eigenvalue weighted by atomic mass is 16.3. The lowest BCUT2D eigenvalue weighted by atomic mass is 10.1. The molecule has 0 spiro atoms. The Morgan fingerprint density at radius 2 is 2.33 bits per heavy atom. The van der Waals surface area contributed by atoms with Crippen LogP contribution in [0, 0.1) is 5.92 Å². The quantitative estimate of drug-likeness (QED) is 0.864. The van der Waals surface area contributed by atoms with Crippen molar-refractivity contribution in [1.82, 2.24) is 4.98 Å². The SMILES string of the molecule is CCc1nc2cc(NC(=O)C(C)CN)ccc2o1. The summed E-state index contributed by atoms with van der Waals surface area (Å²) >= 11 is 0.